The van der Waals surface area contributed by atoms with E-state index in [1.807, 2.05) is 36.7 Å². The molecule has 1 aromatic carbocycles. The molecule has 1 aromatic heterocycles. The van der Waals surface area contributed by atoms with Crippen molar-refractivity contribution >= 4 is 17.2 Å². The zero-order valence-corrected chi connectivity index (χ0v) is 9.08. The van der Waals surface area contributed by atoms with Gasteiger partial charge >= 0.3 is 0 Å². The fourth-order valence-electron chi connectivity index (χ4n) is 1.48. The second-order valence-corrected chi connectivity index (χ2v) is 3.86. The predicted molar refractivity (Wildman–Crippen MR) is 65.9 cm³/mol. The van der Waals surface area contributed by atoms with E-state index in [-0.39, 0.29) is 0 Å². The van der Waals surface area contributed by atoms with Gasteiger partial charge in [0.2, 0.25) is 0 Å². The highest BCUT2D eigenvalue weighted by Gasteiger charge is 1.99. The average Bonchev–Trinajstić information content (AvgIpc) is 2.68. The average molecular weight is 216 g/mol. The van der Waals surface area contributed by atoms with Gasteiger partial charge in [-0.15, -0.1) is 0 Å². The number of rotatable bonds is 3. The molecule has 2 nitrogen and oxygen atoms in total. The lowest BCUT2D eigenvalue weighted by molar-refractivity contribution is 0.806. The van der Waals surface area contributed by atoms with Gasteiger partial charge in [-0.1, -0.05) is 42.5 Å². The van der Waals surface area contributed by atoms with Crippen LogP contribution >= 0.6 is 12.2 Å². The van der Waals surface area contributed by atoms with Crippen molar-refractivity contribution in [1.82, 2.24) is 4.57 Å². The lowest BCUT2D eigenvalue weighted by Crippen LogP contribution is -2.08. The summed E-state index contributed by atoms with van der Waals surface area (Å²) < 4.78 is 2.07. The molecule has 2 aromatic rings. The van der Waals surface area contributed by atoms with Crippen molar-refractivity contribution in [2.75, 3.05) is 0 Å². The minimum atomic E-state index is 0.446. The van der Waals surface area contributed by atoms with Crippen molar-refractivity contribution < 1.29 is 0 Å². The smallest absolute Gasteiger partial charge is 0.105 e. The van der Waals surface area contributed by atoms with E-state index < -0.39 is 0 Å². The zero-order chi connectivity index (χ0) is 10.7. The Labute approximate surface area is 94.3 Å². The van der Waals surface area contributed by atoms with Gasteiger partial charge in [0, 0.05) is 24.5 Å². The molecule has 0 aliphatic rings. The maximum absolute atomic E-state index is 5.54. The van der Waals surface area contributed by atoms with Gasteiger partial charge in [0.05, 0.1) is 0 Å². The minimum Gasteiger partial charge on any atom is -0.389 e. The van der Waals surface area contributed by atoms with Gasteiger partial charge in [-0.2, -0.15) is 0 Å². The number of aromatic nitrogens is 1. The second-order valence-electron chi connectivity index (χ2n) is 3.42. The van der Waals surface area contributed by atoms with E-state index in [2.05, 4.69) is 16.7 Å². The van der Waals surface area contributed by atoms with E-state index in [0.29, 0.717) is 4.99 Å². The SMILES string of the molecule is NC(=S)c1ccn(Cc2ccccc2)c1. The topological polar surface area (TPSA) is 30.9 Å². The van der Waals surface area contributed by atoms with Crippen molar-refractivity contribution in [3.05, 3.63) is 59.9 Å². The fourth-order valence-corrected chi connectivity index (χ4v) is 1.60. The first-order valence-corrected chi connectivity index (χ1v) is 5.16. The Morgan fingerprint density at radius 2 is 1.93 bits per heavy atom. The van der Waals surface area contributed by atoms with E-state index >= 15 is 0 Å². The fraction of sp³-hybridized carbons (Fsp3) is 0.0833. The lowest BCUT2D eigenvalue weighted by Gasteiger charge is -2.02. The molecule has 0 unspecified atom stereocenters. The van der Waals surface area contributed by atoms with Crippen LogP contribution in [0.25, 0.3) is 0 Å². The standard InChI is InChI=1S/C12H12N2S/c13-12(15)11-6-7-14(9-11)8-10-4-2-1-3-5-10/h1-7,9H,8H2,(H2,13,15). The maximum atomic E-state index is 5.54. The summed E-state index contributed by atoms with van der Waals surface area (Å²) in [5.74, 6) is 0. The monoisotopic (exact) mass is 216 g/mol. The van der Waals surface area contributed by atoms with Gasteiger partial charge in [0.15, 0.2) is 0 Å². The molecule has 2 N–H and O–H groups in total. The number of nitrogens with zero attached hydrogens (tertiary/aromatic N) is 1. The molecule has 0 atom stereocenters. The summed E-state index contributed by atoms with van der Waals surface area (Å²) in [6.45, 7) is 0.851. The van der Waals surface area contributed by atoms with Crippen LogP contribution in [0.4, 0.5) is 0 Å². The highest BCUT2D eigenvalue weighted by molar-refractivity contribution is 7.80. The van der Waals surface area contributed by atoms with Crippen molar-refractivity contribution in [3.8, 4) is 0 Å². The van der Waals surface area contributed by atoms with E-state index in [9.17, 15) is 0 Å². The van der Waals surface area contributed by atoms with E-state index in [1.165, 1.54) is 5.56 Å². The molecule has 1 heterocycles. The molecule has 15 heavy (non-hydrogen) atoms. The molecule has 0 aliphatic heterocycles. The number of thiocarbonyl (C=S) groups is 1. The molecule has 2 rings (SSSR count). The van der Waals surface area contributed by atoms with Crippen LogP contribution in [0.1, 0.15) is 11.1 Å². The molecule has 0 amide bonds. The Bertz CT molecular complexity index is 459. The Morgan fingerprint density at radius 1 is 1.20 bits per heavy atom. The predicted octanol–water partition coefficient (Wildman–Crippen LogP) is 2.17. The molecule has 0 aliphatic carbocycles. The van der Waals surface area contributed by atoms with Crippen LogP contribution in [-0.4, -0.2) is 9.56 Å². The largest absolute Gasteiger partial charge is 0.389 e. The third kappa shape index (κ3) is 2.44. The van der Waals surface area contributed by atoms with Gasteiger partial charge in [-0.25, -0.2) is 0 Å². The number of nitrogens with two attached hydrogens (primary N) is 1. The number of hydrogen-bond donors (Lipinski definition) is 1. The molecule has 76 valence electrons. The molecule has 0 fully saturated rings. The molecule has 0 spiro atoms. The van der Waals surface area contributed by atoms with Gasteiger partial charge in [0.1, 0.15) is 4.99 Å². The second kappa shape index (κ2) is 4.28. The molecule has 0 saturated carbocycles. The molecular weight excluding hydrogens is 204 g/mol. The Hall–Kier alpha value is -1.61. The summed E-state index contributed by atoms with van der Waals surface area (Å²) in [4.78, 5) is 0.446. The molecule has 0 radical (unpaired) electrons. The van der Waals surface area contributed by atoms with Crippen molar-refractivity contribution in [2.45, 2.75) is 6.54 Å². The van der Waals surface area contributed by atoms with Crippen molar-refractivity contribution in [2.24, 2.45) is 5.73 Å². The van der Waals surface area contributed by atoms with E-state index in [0.717, 1.165) is 12.1 Å². The van der Waals surface area contributed by atoms with Crippen LogP contribution in [0.2, 0.25) is 0 Å². The van der Waals surface area contributed by atoms with Crippen LogP contribution in [-0.2, 0) is 6.54 Å². The van der Waals surface area contributed by atoms with E-state index in [1.54, 1.807) is 0 Å². The summed E-state index contributed by atoms with van der Waals surface area (Å²) in [5.41, 5.74) is 7.72. The summed E-state index contributed by atoms with van der Waals surface area (Å²) in [7, 11) is 0. The summed E-state index contributed by atoms with van der Waals surface area (Å²) in [5, 5.41) is 0. The summed E-state index contributed by atoms with van der Waals surface area (Å²) in [6, 6.07) is 12.2. The molecule has 0 bridgehead atoms. The highest BCUT2D eigenvalue weighted by atomic mass is 32.1. The van der Waals surface area contributed by atoms with E-state index in [4.69, 9.17) is 18.0 Å². The third-order valence-corrected chi connectivity index (χ3v) is 2.48. The van der Waals surface area contributed by atoms with Crippen LogP contribution in [0.5, 0.6) is 0 Å². The van der Waals surface area contributed by atoms with Crippen LogP contribution < -0.4 is 5.73 Å². The Morgan fingerprint density at radius 3 is 2.53 bits per heavy atom. The van der Waals surface area contributed by atoms with Crippen LogP contribution in [0.15, 0.2) is 48.8 Å². The molecule has 3 heteroatoms. The van der Waals surface area contributed by atoms with Gasteiger partial charge in [-0.05, 0) is 11.6 Å². The normalized spacial score (nSPS) is 10.1. The van der Waals surface area contributed by atoms with Crippen molar-refractivity contribution in [1.29, 1.82) is 0 Å². The van der Waals surface area contributed by atoms with Crippen molar-refractivity contribution in [3.63, 3.8) is 0 Å². The Balaban J connectivity index is 2.15. The number of hydrogen-bond acceptors (Lipinski definition) is 1. The quantitative estimate of drug-likeness (QED) is 0.797. The van der Waals surface area contributed by atoms with Gasteiger partial charge in [0.25, 0.3) is 0 Å². The minimum absolute atomic E-state index is 0.446. The first kappa shape index (κ1) is 9.93. The molecule has 0 saturated heterocycles. The van der Waals surface area contributed by atoms with Crippen LogP contribution in [0, 0.1) is 0 Å². The van der Waals surface area contributed by atoms with Gasteiger partial charge < -0.3 is 10.3 Å². The first-order valence-electron chi connectivity index (χ1n) is 4.75. The number of benzene rings is 1. The third-order valence-electron chi connectivity index (χ3n) is 2.24. The first-order chi connectivity index (χ1) is 7.25. The Kier molecular flexibility index (Phi) is 2.83. The zero-order valence-electron chi connectivity index (χ0n) is 8.26. The molecular formula is C12H12N2S. The lowest BCUT2D eigenvalue weighted by atomic mass is 10.2. The summed E-state index contributed by atoms with van der Waals surface area (Å²) >= 11 is 4.90. The van der Waals surface area contributed by atoms with Crippen LogP contribution in [0.3, 0.4) is 0 Å². The maximum Gasteiger partial charge on any atom is 0.105 e. The highest BCUT2D eigenvalue weighted by Crippen LogP contribution is 2.06. The van der Waals surface area contributed by atoms with Gasteiger partial charge in [-0.3, -0.25) is 0 Å². The summed E-state index contributed by atoms with van der Waals surface area (Å²) in [6.07, 6.45) is 3.96.